The van der Waals surface area contributed by atoms with Crippen molar-refractivity contribution in [1.29, 1.82) is 0 Å². The van der Waals surface area contributed by atoms with Crippen LogP contribution in [0.5, 0.6) is 5.75 Å². The molecular weight excluding hydrogens is 515 g/mol. The SMILES string of the molecule is CNC(=O)c1ccc(NCC#Cc2nc3c(Br)cccn3c2C(F)(F)C(F)(F)F)c(OC)c1. The molecule has 0 aliphatic rings. The quantitative estimate of drug-likeness (QED) is 0.374. The first-order valence-electron chi connectivity index (χ1n) is 9.25. The molecule has 12 heteroatoms. The molecule has 0 saturated carbocycles. The van der Waals surface area contributed by atoms with Gasteiger partial charge in [-0.15, -0.1) is 0 Å². The highest BCUT2D eigenvalue weighted by molar-refractivity contribution is 9.10. The lowest BCUT2D eigenvalue weighted by Gasteiger charge is -2.19. The summed E-state index contributed by atoms with van der Waals surface area (Å²) in [6.45, 7) is -0.123. The molecule has 3 rings (SSSR count). The van der Waals surface area contributed by atoms with E-state index in [1.54, 1.807) is 6.07 Å². The molecule has 0 radical (unpaired) electrons. The van der Waals surface area contributed by atoms with Gasteiger partial charge in [-0.05, 0) is 52.2 Å². The Bertz CT molecular complexity index is 1260. The molecule has 3 aromatic rings. The Morgan fingerprint density at radius 2 is 1.97 bits per heavy atom. The topological polar surface area (TPSA) is 67.7 Å². The number of fused-ring (bicyclic) bond motifs is 1. The minimum absolute atomic E-state index is 0.123. The van der Waals surface area contributed by atoms with E-state index in [0.29, 0.717) is 21.4 Å². The minimum Gasteiger partial charge on any atom is -0.495 e. The van der Waals surface area contributed by atoms with Crippen LogP contribution in [0.1, 0.15) is 21.7 Å². The summed E-state index contributed by atoms with van der Waals surface area (Å²) in [5.74, 6) is -0.371. The zero-order chi connectivity index (χ0) is 24.4. The highest BCUT2D eigenvalue weighted by Crippen LogP contribution is 2.45. The molecule has 1 amide bonds. The fourth-order valence-electron chi connectivity index (χ4n) is 2.95. The lowest BCUT2D eigenvalue weighted by molar-refractivity contribution is -0.291. The van der Waals surface area contributed by atoms with Crippen LogP contribution in [0.25, 0.3) is 5.65 Å². The Balaban J connectivity index is 1.93. The average Bonchev–Trinajstić information content (AvgIpc) is 3.15. The number of benzene rings is 1. The van der Waals surface area contributed by atoms with E-state index in [-0.39, 0.29) is 22.6 Å². The van der Waals surface area contributed by atoms with Gasteiger partial charge in [0.2, 0.25) is 0 Å². The third kappa shape index (κ3) is 4.73. The number of imidazole rings is 1. The van der Waals surface area contributed by atoms with Crippen molar-refractivity contribution < 1.29 is 31.5 Å². The molecule has 2 N–H and O–H groups in total. The number of halogens is 6. The van der Waals surface area contributed by atoms with Crippen LogP contribution in [-0.4, -0.2) is 42.2 Å². The molecule has 2 aromatic heterocycles. The Labute approximate surface area is 193 Å². The first kappa shape index (κ1) is 24.3. The lowest BCUT2D eigenvalue weighted by Crippen LogP contribution is -2.35. The summed E-state index contributed by atoms with van der Waals surface area (Å²) in [5, 5.41) is 5.34. The Kier molecular flexibility index (Phi) is 6.83. The Morgan fingerprint density at radius 3 is 2.61 bits per heavy atom. The predicted molar refractivity (Wildman–Crippen MR) is 115 cm³/mol. The largest absolute Gasteiger partial charge is 0.495 e. The summed E-state index contributed by atoms with van der Waals surface area (Å²) >= 11 is 3.10. The normalized spacial score (nSPS) is 11.6. The zero-order valence-electron chi connectivity index (χ0n) is 17.1. The fourth-order valence-corrected chi connectivity index (χ4v) is 3.38. The van der Waals surface area contributed by atoms with Gasteiger partial charge < -0.3 is 15.4 Å². The van der Waals surface area contributed by atoms with Crippen LogP contribution in [0.15, 0.2) is 41.0 Å². The number of alkyl halides is 5. The van der Waals surface area contributed by atoms with Gasteiger partial charge in [0.05, 0.1) is 23.8 Å². The number of ether oxygens (including phenoxy) is 1. The maximum absolute atomic E-state index is 14.3. The van der Waals surface area contributed by atoms with E-state index in [4.69, 9.17) is 4.74 Å². The van der Waals surface area contributed by atoms with E-state index in [1.165, 1.54) is 38.4 Å². The van der Waals surface area contributed by atoms with Crippen molar-refractivity contribution in [3.05, 3.63) is 58.0 Å². The first-order chi connectivity index (χ1) is 15.5. The number of hydrogen-bond donors (Lipinski definition) is 2. The van der Waals surface area contributed by atoms with E-state index < -0.39 is 23.5 Å². The highest BCUT2D eigenvalue weighted by atomic mass is 79.9. The van der Waals surface area contributed by atoms with Gasteiger partial charge in [0, 0.05) is 18.8 Å². The van der Waals surface area contributed by atoms with Gasteiger partial charge in [0.15, 0.2) is 5.65 Å². The maximum atomic E-state index is 14.3. The molecular formula is C21H16BrF5N4O2. The molecule has 2 heterocycles. The first-order valence-corrected chi connectivity index (χ1v) is 10.0. The number of aromatic nitrogens is 2. The van der Waals surface area contributed by atoms with Gasteiger partial charge in [-0.2, -0.15) is 22.0 Å². The average molecular weight is 531 g/mol. The number of carbonyl (C=O) groups excluding carboxylic acids is 1. The lowest BCUT2D eigenvalue weighted by atomic mass is 10.1. The summed E-state index contributed by atoms with van der Waals surface area (Å²) in [4.78, 5) is 15.6. The molecule has 6 nitrogen and oxygen atoms in total. The van der Waals surface area contributed by atoms with Crippen molar-refractivity contribution in [2.45, 2.75) is 12.1 Å². The molecule has 174 valence electrons. The van der Waals surface area contributed by atoms with Crippen LogP contribution in [0.4, 0.5) is 27.6 Å². The number of anilines is 1. The molecule has 0 saturated heterocycles. The maximum Gasteiger partial charge on any atom is 0.459 e. The molecule has 0 unspecified atom stereocenters. The van der Waals surface area contributed by atoms with Crippen LogP contribution in [0.3, 0.4) is 0 Å². The number of nitrogens with zero attached hydrogens (tertiary/aromatic N) is 2. The van der Waals surface area contributed by atoms with Crippen molar-refractivity contribution in [2.24, 2.45) is 0 Å². The Morgan fingerprint density at radius 1 is 1.24 bits per heavy atom. The number of carbonyl (C=O) groups is 1. The predicted octanol–water partition coefficient (Wildman–Crippen LogP) is 4.58. The minimum atomic E-state index is -5.83. The summed E-state index contributed by atoms with van der Waals surface area (Å²) < 4.78 is 74.0. The molecule has 1 aromatic carbocycles. The van der Waals surface area contributed by atoms with Crippen LogP contribution in [0.2, 0.25) is 0 Å². The standard InChI is InChI=1S/C21H16BrF5N4O2/c1-28-19(32)12-7-8-14(16(11-12)33-2)29-9-3-6-15-17(20(23,24)21(25,26)27)31-10-4-5-13(22)18(31)30-15/h4-5,7-8,10-11,29H,9H2,1-2H3,(H,28,32). The number of amides is 1. The second kappa shape index (κ2) is 9.27. The van der Waals surface area contributed by atoms with Gasteiger partial charge >= 0.3 is 12.1 Å². The van der Waals surface area contributed by atoms with Gasteiger partial charge in [0.25, 0.3) is 5.91 Å². The third-order valence-corrected chi connectivity index (χ3v) is 5.14. The molecule has 0 aliphatic heterocycles. The van der Waals surface area contributed by atoms with E-state index >= 15 is 0 Å². The van der Waals surface area contributed by atoms with Crippen molar-refractivity contribution in [2.75, 3.05) is 26.0 Å². The van der Waals surface area contributed by atoms with Crippen molar-refractivity contribution in [1.82, 2.24) is 14.7 Å². The number of rotatable bonds is 5. The number of nitrogens with one attached hydrogen (secondary N) is 2. The molecule has 0 atom stereocenters. The van der Waals surface area contributed by atoms with Gasteiger partial charge in [-0.25, -0.2) is 4.98 Å². The van der Waals surface area contributed by atoms with Gasteiger partial charge in [-0.3, -0.25) is 9.20 Å². The van der Waals surface area contributed by atoms with E-state index in [0.717, 1.165) is 6.20 Å². The number of methoxy groups -OCH3 is 1. The van der Waals surface area contributed by atoms with E-state index in [9.17, 15) is 26.7 Å². The van der Waals surface area contributed by atoms with Crippen LogP contribution >= 0.6 is 15.9 Å². The monoisotopic (exact) mass is 530 g/mol. The molecule has 0 spiro atoms. The zero-order valence-corrected chi connectivity index (χ0v) is 18.7. The van der Waals surface area contributed by atoms with Crippen LogP contribution in [-0.2, 0) is 5.92 Å². The molecule has 0 bridgehead atoms. The number of pyridine rings is 1. The van der Waals surface area contributed by atoms with Gasteiger partial charge in [-0.1, -0.05) is 5.92 Å². The van der Waals surface area contributed by atoms with Crippen molar-refractivity contribution >= 4 is 33.2 Å². The number of hydrogen-bond acceptors (Lipinski definition) is 4. The van der Waals surface area contributed by atoms with Crippen molar-refractivity contribution in [3.8, 4) is 17.6 Å². The fraction of sp³-hybridized carbons (Fsp3) is 0.238. The molecule has 33 heavy (non-hydrogen) atoms. The second-order valence-electron chi connectivity index (χ2n) is 6.58. The van der Waals surface area contributed by atoms with Crippen LogP contribution < -0.4 is 15.4 Å². The Hall–Kier alpha value is -3.33. The smallest absolute Gasteiger partial charge is 0.459 e. The van der Waals surface area contributed by atoms with E-state index in [1.807, 2.05) is 0 Å². The third-order valence-electron chi connectivity index (χ3n) is 4.52. The summed E-state index contributed by atoms with van der Waals surface area (Å²) in [6, 6.07) is 7.33. The summed E-state index contributed by atoms with van der Waals surface area (Å²) in [6.07, 6.45) is -4.77. The summed E-state index contributed by atoms with van der Waals surface area (Å²) in [7, 11) is 2.87. The van der Waals surface area contributed by atoms with Gasteiger partial charge in [0.1, 0.15) is 17.1 Å². The summed E-state index contributed by atoms with van der Waals surface area (Å²) in [5.41, 5.74) is -1.40. The van der Waals surface area contributed by atoms with Crippen LogP contribution in [0, 0.1) is 11.8 Å². The second-order valence-corrected chi connectivity index (χ2v) is 7.43. The molecule has 0 aliphatic carbocycles. The highest BCUT2D eigenvalue weighted by Gasteiger charge is 2.61. The molecule has 0 fully saturated rings. The van der Waals surface area contributed by atoms with E-state index in [2.05, 4.69) is 43.4 Å². The van der Waals surface area contributed by atoms with Crippen molar-refractivity contribution in [3.63, 3.8) is 0 Å².